The van der Waals surface area contributed by atoms with Gasteiger partial charge in [-0.1, -0.05) is 19.2 Å². The van der Waals surface area contributed by atoms with Gasteiger partial charge in [0.15, 0.2) is 0 Å². The van der Waals surface area contributed by atoms with Crippen LogP contribution in [0, 0.1) is 0 Å². The maximum atomic E-state index is 3.87. The van der Waals surface area contributed by atoms with Crippen LogP contribution in [-0.4, -0.2) is 18.0 Å². The van der Waals surface area contributed by atoms with Gasteiger partial charge in [-0.05, 0) is 11.1 Å². The Morgan fingerprint density at radius 3 is 2.90 bits per heavy atom. The van der Waals surface area contributed by atoms with E-state index in [4.69, 9.17) is 0 Å². The van der Waals surface area contributed by atoms with E-state index in [1.54, 1.807) is 11.3 Å². The fourth-order valence-electron chi connectivity index (χ4n) is 1.34. The Bertz CT molecular complexity index is 235. The monoisotopic (exact) mass is 133 g/mol. The molecule has 1 aliphatic carbocycles. The van der Waals surface area contributed by atoms with Crippen LogP contribution in [0.15, 0.2) is 36.1 Å². The van der Waals surface area contributed by atoms with Crippen molar-refractivity contribution >= 4 is 0 Å². The molecule has 0 saturated carbocycles. The van der Waals surface area contributed by atoms with Crippen LogP contribution in [0.5, 0.6) is 0 Å². The standard InChI is InChI=1S/C9H11N/c1-3-7(2)5-10-6-8-4-9(8)10/h3H,1-2,4-6H2. The van der Waals surface area contributed by atoms with Crippen molar-refractivity contribution < 1.29 is 0 Å². The van der Waals surface area contributed by atoms with Gasteiger partial charge in [-0.3, -0.25) is 0 Å². The van der Waals surface area contributed by atoms with Crippen LogP contribution in [0.4, 0.5) is 0 Å². The first-order chi connectivity index (χ1) is 4.81. The van der Waals surface area contributed by atoms with Crippen molar-refractivity contribution in [3.63, 3.8) is 0 Å². The molecule has 2 rings (SSSR count). The van der Waals surface area contributed by atoms with Gasteiger partial charge in [0.25, 0.3) is 0 Å². The lowest BCUT2D eigenvalue weighted by Gasteiger charge is -2.24. The van der Waals surface area contributed by atoms with Gasteiger partial charge in [0.2, 0.25) is 0 Å². The minimum absolute atomic E-state index is 0.988. The summed E-state index contributed by atoms with van der Waals surface area (Å²) in [6, 6.07) is 0. The molecule has 0 fully saturated rings. The molecule has 1 aliphatic heterocycles. The summed E-state index contributed by atoms with van der Waals surface area (Å²) >= 11 is 0. The van der Waals surface area contributed by atoms with Gasteiger partial charge in [-0.2, -0.15) is 0 Å². The third kappa shape index (κ3) is 0.703. The highest BCUT2D eigenvalue weighted by Crippen LogP contribution is 2.44. The third-order valence-electron chi connectivity index (χ3n) is 2.11. The molecule has 0 bridgehead atoms. The van der Waals surface area contributed by atoms with Crippen LogP contribution in [0.25, 0.3) is 0 Å². The molecule has 1 nitrogen and oxygen atoms in total. The number of likely N-dealkylation sites (tertiary alicyclic amines) is 1. The topological polar surface area (TPSA) is 3.24 Å². The second kappa shape index (κ2) is 1.75. The smallest absolute Gasteiger partial charge is 0.0424 e. The van der Waals surface area contributed by atoms with E-state index in [-0.39, 0.29) is 0 Å². The van der Waals surface area contributed by atoms with Crippen molar-refractivity contribution in [1.29, 1.82) is 0 Å². The van der Waals surface area contributed by atoms with Crippen molar-refractivity contribution in [2.24, 2.45) is 0 Å². The van der Waals surface area contributed by atoms with Gasteiger partial charge in [0.05, 0.1) is 0 Å². The zero-order valence-corrected chi connectivity index (χ0v) is 6.06. The molecule has 0 aromatic carbocycles. The fraction of sp³-hybridized carbons (Fsp3) is 0.333. The van der Waals surface area contributed by atoms with Crippen LogP contribution >= 0.6 is 0 Å². The van der Waals surface area contributed by atoms with E-state index in [1.165, 1.54) is 13.0 Å². The number of rotatable bonds is 3. The molecular formula is C9H11N. The Labute approximate surface area is 61.3 Å². The van der Waals surface area contributed by atoms with Gasteiger partial charge < -0.3 is 4.90 Å². The Morgan fingerprint density at radius 2 is 2.50 bits per heavy atom. The SMILES string of the molecule is C=CC(=C)CN1CC2=C1C2. The molecule has 1 heteroatoms. The summed E-state index contributed by atoms with van der Waals surface area (Å²) < 4.78 is 0. The molecule has 0 saturated heterocycles. The molecule has 0 radical (unpaired) electrons. The van der Waals surface area contributed by atoms with Crippen LogP contribution in [0.3, 0.4) is 0 Å². The Balaban J connectivity index is 1.87. The maximum absolute atomic E-state index is 3.87. The van der Waals surface area contributed by atoms with Crippen LogP contribution < -0.4 is 0 Å². The molecule has 1 heterocycles. The molecule has 10 heavy (non-hydrogen) atoms. The predicted molar refractivity (Wildman–Crippen MR) is 42.6 cm³/mol. The van der Waals surface area contributed by atoms with Gasteiger partial charge >= 0.3 is 0 Å². The number of nitrogens with zero attached hydrogens (tertiary/aromatic N) is 1. The van der Waals surface area contributed by atoms with Gasteiger partial charge in [0.1, 0.15) is 0 Å². The van der Waals surface area contributed by atoms with Crippen molar-refractivity contribution in [3.8, 4) is 0 Å². The molecule has 52 valence electrons. The first-order valence-corrected chi connectivity index (χ1v) is 3.57. The average Bonchev–Trinajstić information content (AvgIpc) is 2.56. The molecular weight excluding hydrogens is 122 g/mol. The van der Waals surface area contributed by atoms with E-state index in [0.29, 0.717) is 0 Å². The van der Waals surface area contributed by atoms with Crippen molar-refractivity contribution in [1.82, 2.24) is 4.90 Å². The average molecular weight is 133 g/mol. The molecule has 0 amide bonds. The first-order valence-electron chi connectivity index (χ1n) is 3.57. The highest BCUT2D eigenvalue weighted by atomic mass is 15.2. The summed E-state index contributed by atoms with van der Waals surface area (Å²) in [5, 5.41) is 0. The largest absolute Gasteiger partial charge is 0.366 e. The molecule has 0 aromatic heterocycles. The van der Waals surface area contributed by atoms with Gasteiger partial charge in [-0.25, -0.2) is 0 Å². The van der Waals surface area contributed by atoms with Crippen LogP contribution in [0.2, 0.25) is 0 Å². The lowest BCUT2D eigenvalue weighted by molar-refractivity contribution is 0.405. The second-order valence-corrected chi connectivity index (χ2v) is 2.95. The Morgan fingerprint density at radius 1 is 1.70 bits per heavy atom. The normalized spacial score (nSPS) is 19.8. The van der Waals surface area contributed by atoms with Crippen molar-refractivity contribution in [2.75, 3.05) is 13.1 Å². The van der Waals surface area contributed by atoms with Gasteiger partial charge in [0, 0.05) is 25.2 Å². The quantitative estimate of drug-likeness (QED) is 0.530. The molecule has 0 N–H and O–H groups in total. The number of hydrogen-bond acceptors (Lipinski definition) is 1. The van der Waals surface area contributed by atoms with E-state index in [1.807, 2.05) is 6.08 Å². The maximum Gasteiger partial charge on any atom is 0.0424 e. The first kappa shape index (κ1) is 5.78. The van der Waals surface area contributed by atoms with Crippen molar-refractivity contribution in [2.45, 2.75) is 6.42 Å². The minimum atomic E-state index is 0.988. The summed E-state index contributed by atoms with van der Waals surface area (Å²) in [6.45, 7) is 9.71. The van der Waals surface area contributed by atoms with E-state index < -0.39 is 0 Å². The van der Waals surface area contributed by atoms with E-state index >= 15 is 0 Å². The highest BCUT2D eigenvalue weighted by Gasteiger charge is 2.37. The summed E-state index contributed by atoms with van der Waals surface area (Å²) in [6.07, 6.45) is 3.10. The van der Waals surface area contributed by atoms with E-state index in [2.05, 4.69) is 18.1 Å². The molecule has 0 unspecified atom stereocenters. The lowest BCUT2D eigenvalue weighted by Crippen LogP contribution is -2.25. The summed E-state index contributed by atoms with van der Waals surface area (Å²) in [7, 11) is 0. The summed E-state index contributed by atoms with van der Waals surface area (Å²) in [5.41, 5.74) is 4.33. The third-order valence-corrected chi connectivity index (χ3v) is 2.11. The second-order valence-electron chi connectivity index (χ2n) is 2.95. The molecule has 0 spiro atoms. The minimum Gasteiger partial charge on any atom is -0.366 e. The summed E-state index contributed by atoms with van der Waals surface area (Å²) in [5.74, 6) is 0. The zero-order valence-electron chi connectivity index (χ0n) is 6.06. The van der Waals surface area contributed by atoms with Crippen molar-refractivity contribution in [3.05, 3.63) is 36.1 Å². The van der Waals surface area contributed by atoms with Crippen LogP contribution in [-0.2, 0) is 0 Å². The molecule has 0 aromatic rings. The Kier molecular flexibility index (Phi) is 1.01. The van der Waals surface area contributed by atoms with Crippen LogP contribution in [0.1, 0.15) is 6.42 Å². The fourth-order valence-corrected chi connectivity index (χ4v) is 1.34. The highest BCUT2D eigenvalue weighted by molar-refractivity contribution is 5.44. The van der Waals surface area contributed by atoms with E-state index in [9.17, 15) is 0 Å². The predicted octanol–water partition coefficient (Wildman–Crippen LogP) is 1.70. The lowest BCUT2D eigenvalue weighted by atomic mass is 10.2. The Hall–Kier alpha value is -0.980. The number of allylic oxidation sites excluding steroid dienone is 1. The van der Waals surface area contributed by atoms with E-state index in [0.717, 1.165) is 12.1 Å². The summed E-state index contributed by atoms with van der Waals surface area (Å²) in [4.78, 5) is 2.36. The molecule has 0 atom stereocenters. The zero-order chi connectivity index (χ0) is 7.14. The van der Waals surface area contributed by atoms with Gasteiger partial charge in [-0.15, -0.1) is 0 Å². The molecule has 2 aliphatic rings. The number of hydrogen-bond donors (Lipinski definition) is 0.